The molecule has 2 heteroatoms. The largest absolute Gasteiger partial charge is 0.315 e. The van der Waals surface area contributed by atoms with Gasteiger partial charge in [0.2, 0.25) is 0 Å². The molecule has 0 saturated heterocycles. The summed E-state index contributed by atoms with van der Waals surface area (Å²) in [6.07, 6.45) is 4.00. The number of hydrogen-bond acceptors (Lipinski definition) is 2. The Labute approximate surface area is 109 Å². The highest BCUT2D eigenvalue weighted by atomic mass is 15.2. The van der Waals surface area contributed by atoms with Crippen LogP contribution in [0.1, 0.15) is 60.8 Å². The molecule has 1 N–H and O–H groups in total. The molecule has 0 aliphatic heterocycles. The third kappa shape index (κ3) is 8.62. The maximum atomic E-state index is 3.57. The molecule has 17 heavy (non-hydrogen) atoms. The van der Waals surface area contributed by atoms with E-state index >= 15 is 0 Å². The van der Waals surface area contributed by atoms with Crippen LogP contribution in [0.25, 0.3) is 0 Å². The molecular formula is C15H34N2. The van der Waals surface area contributed by atoms with Crippen molar-refractivity contribution in [2.45, 2.75) is 72.9 Å². The van der Waals surface area contributed by atoms with Gasteiger partial charge in [-0.2, -0.15) is 0 Å². The minimum Gasteiger partial charge on any atom is -0.315 e. The highest BCUT2D eigenvalue weighted by Gasteiger charge is 2.16. The predicted molar refractivity (Wildman–Crippen MR) is 78.5 cm³/mol. The quantitative estimate of drug-likeness (QED) is 0.590. The minimum absolute atomic E-state index is 0.644. The number of hydrogen-bond donors (Lipinski definition) is 1. The highest BCUT2D eigenvalue weighted by molar-refractivity contribution is 4.73. The van der Waals surface area contributed by atoms with Crippen molar-refractivity contribution in [3.63, 3.8) is 0 Å². The molecule has 0 rings (SSSR count). The Balaban J connectivity index is 3.92. The van der Waals surface area contributed by atoms with Crippen LogP contribution in [0.4, 0.5) is 0 Å². The molecule has 2 nitrogen and oxygen atoms in total. The van der Waals surface area contributed by atoms with Crippen molar-refractivity contribution < 1.29 is 0 Å². The molecule has 0 fully saturated rings. The Bertz CT molecular complexity index is 166. The summed E-state index contributed by atoms with van der Waals surface area (Å²) in [6, 6.07) is 1.30. The summed E-state index contributed by atoms with van der Waals surface area (Å²) < 4.78 is 0. The van der Waals surface area contributed by atoms with Crippen molar-refractivity contribution in [1.82, 2.24) is 10.2 Å². The molecule has 0 aliphatic carbocycles. The van der Waals surface area contributed by atoms with Gasteiger partial charge in [-0.05, 0) is 46.2 Å². The number of unbranched alkanes of at least 4 members (excludes halogenated alkanes) is 2. The van der Waals surface area contributed by atoms with Gasteiger partial charge in [-0.15, -0.1) is 0 Å². The van der Waals surface area contributed by atoms with Crippen molar-refractivity contribution >= 4 is 0 Å². The summed E-state index contributed by atoms with van der Waals surface area (Å²) in [5.74, 6) is 0.745. The van der Waals surface area contributed by atoms with Gasteiger partial charge in [-0.25, -0.2) is 0 Å². The van der Waals surface area contributed by atoms with Gasteiger partial charge in [0.25, 0.3) is 0 Å². The van der Waals surface area contributed by atoms with Crippen LogP contribution >= 0.6 is 0 Å². The van der Waals surface area contributed by atoms with Gasteiger partial charge in [0.15, 0.2) is 0 Å². The fourth-order valence-electron chi connectivity index (χ4n) is 2.23. The Hall–Kier alpha value is -0.0800. The molecule has 0 aromatic rings. The molecule has 0 bridgehead atoms. The molecule has 1 atom stereocenters. The van der Waals surface area contributed by atoms with Crippen LogP contribution in [0.15, 0.2) is 0 Å². The smallest absolute Gasteiger partial charge is 0.0195 e. The van der Waals surface area contributed by atoms with Gasteiger partial charge in [0, 0.05) is 18.6 Å². The molecule has 0 radical (unpaired) electrons. The maximum Gasteiger partial charge on any atom is 0.0195 e. The average Bonchev–Trinajstić information content (AvgIpc) is 2.23. The van der Waals surface area contributed by atoms with Gasteiger partial charge in [0.1, 0.15) is 0 Å². The van der Waals surface area contributed by atoms with Crippen molar-refractivity contribution in [3.8, 4) is 0 Å². The first-order chi connectivity index (χ1) is 7.99. The van der Waals surface area contributed by atoms with E-state index in [1.54, 1.807) is 0 Å². The molecular weight excluding hydrogens is 208 g/mol. The zero-order valence-corrected chi connectivity index (χ0v) is 12.9. The fraction of sp³-hybridized carbons (Fsp3) is 1.00. The molecule has 0 heterocycles. The van der Waals surface area contributed by atoms with Crippen LogP contribution in [0.3, 0.4) is 0 Å². The summed E-state index contributed by atoms with van der Waals surface area (Å²) in [5, 5.41) is 3.57. The third-order valence-corrected chi connectivity index (χ3v) is 3.24. The summed E-state index contributed by atoms with van der Waals surface area (Å²) >= 11 is 0. The topological polar surface area (TPSA) is 15.3 Å². The second-order valence-electron chi connectivity index (χ2n) is 5.94. The molecule has 0 spiro atoms. The molecule has 0 aromatic carbocycles. The van der Waals surface area contributed by atoms with Gasteiger partial charge in [0.05, 0.1) is 0 Å². The van der Waals surface area contributed by atoms with Crippen molar-refractivity contribution in [2.75, 3.05) is 19.6 Å². The van der Waals surface area contributed by atoms with E-state index in [0.717, 1.165) is 19.0 Å². The van der Waals surface area contributed by atoms with Crippen molar-refractivity contribution in [1.29, 1.82) is 0 Å². The normalized spacial score (nSPS) is 13.9. The van der Waals surface area contributed by atoms with E-state index in [1.807, 2.05) is 0 Å². The lowest BCUT2D eigenvalue weighted by Gasteiger charge is -2.33. The van der Waals surface area contributed by atoms with Gasteiger partial charge in [-0.1, -0.05) is 33.6 Å². The van der Waals surface area contributed by atoms with Crippen LogP contribution in [-0.2, 0) is 0 Å². The lowest BCUT2D eigenvalue weighted by molar-refractivity contribution is 0.157. The fourth-order valence-corrected chi connectivity index (χ4v) is 2.23. The van der Waals surface area contributed by atoms with E-state index in [-0.39, 0.29) is 0 Å². The van der Waals surface area contributed by atoms with Gasteiger partial charge < -0.3 is 5.32 Å². The van der Waals surface area contributed by atoms with E-state index in [2.05, 4.69) is 51.8 Å². The van der Waals surface area contributed by atoms with E-state index in [0.29, 0.717) is 12.1 Å². The van der Waals surface area contributed by atoms with E-state index in [9.17, 15) is 0 Å². The average molecular weight is 242 g/mol. The van der Waals surface area contributed by atoms with Crippen LogP contribution in [-0.4, -0.2) is 36.6 Å². The molecule has 0 amide bonds. The van der Waals surface area contributed by atoms with Crippen LogP contribution in [0, 0.1) is 5.92 Å². The molecule has 104 valence electrons. The Kier molecular flexibility index (Phi) is 9.85. The second kappa shape index (κ2) is 9.90. The Morgan fingerprint density at radius 1 is 0.941 bits per heavy atom. The highest BCUT2D eigenvalue weighted by Crippen LogP contribution is 2.08. The molecule has 0 saturated carbocycles. The zero-order chi connectivity index (χ0) is 13.3. The van der Waals surface area contributed by atoms with Crippen molar-refractivity contribution in [3.05, 3.63) is 0 Å². The van der Waals surface area contributed by atoms with Gasteiger partial charge in [-0.3, -0.25) is 4.90 Å². The first-order valence-corrected chi connectivity index (χ1v) is 7.45. The van der Waals surface area contributed by atoms with Crippen LogP contribution in [0.5, 0.6) is 0 Å². The lowest BCUT2D eigenvalue weighted by Crippen LogP contribution is -2.45. The summed E-state index contributed by atoms with van der Waals surface area (Å²) in [5.41, 5.74) is 0. The maximum absolute atomic E-state index is 3.57. The van der Waals surface area contributed by atoms with Crippen molar-refractivity contribution in [2.24, 2.45) is 5.92 Å². The number of rotatable bonds is 10. The molecule has 0 aromatic heterocycles. The summed E-state index contributed by atoms with van der Waals surface area (Å²) in [6.45, 7) is 17.3. The van der Waals surface area contributed by atoms with E-state index in [4.69, 9.17) is 0 Å². The summed E-state index contributed by atoms with van der Waals surface area (Å²) in [4.78, 5) is 2.63. The monoisotopic (exact) mass is 242 g/mol. The molecule has 1 unspecified atom stereocenters. The van der Waals surface area contributed by atoms with Crippen LogP contribution < -0.4 is 5.32 Å². The molecule has 0 aliphatic rings. The zero-order valence-electron chi connectivity index (χ0n) is 12.9. The van der Waals surface area contributed by atoms with Gasteiger partial charge >= 0.3 is 0 Å². The lowest BCUT2D eigenvalue weighted by atomic mass is 10.1. The number of nitrogens with zero attached hydrogens (tertiary/aromatic N) is 1. The predicted octanol–water partition coefficient (Wildman–Crippen LogP) is 3.52. The first kappa shape index (κ1) is 16.9. The SMILES string of the molecule is CCCCCN(C(C)C)C(C)CNCC(C)C. The summed E-state index contributed by atoms with van der Waals surface area (Å²) in [7, 11) is 0. The number of nitrogens with one attached hydrogen (secondary N) is 1. The Morgan fingerprint density at radius 3 is 2.06 bits per heavy atom. The second-order valence-corrected chi connectivity index (χ2v) is 5.94. The Morgan fingerprint density at radius 2 is 1.59 bits per heavy atom. The van der Waals surface area contributed by atoms with E-state index in [1.165, 1.54) is 25.8 Å². The van der Waals surface area contributed by atoms with Crippen LogP contribution in [0.2, 0.25) is 0 Å². The third-order valence-electron chi connectivity index (χ3n) is 3.24. The minimum atomic E-state index is 0.644. The first-order valence-electron chi connectivity index (χ1n) is 7.45. The van der Waals surface area contributed by atoms with E-state index < -0.39 is 0 Å². The standard InChI is InChI=1S/C15H34N2/c1-7-8-9-10-17(14(4)5)15(6)12-16-11-13(2)3/h13-16H,7-12H2,1-6H3.